The lowest BCUT2D eigenvalue weighted by Crippen LogP contribution is -2.36. The van der Waals surface area contributed by atoms with Crippen LogP contribution in [0.5, 0.6) is 0 Å². The fourth-order valence-corrected chi connectivity index (χ4v) is 3.96. The monoisotopic (exact) mass is 428 g/mol. The Balaban J connectivity index is 1.99. The number of nitriles is 1. The first-order chi connectivity index (χ1) is 12.9. The number of hydrogen-bond acceptors (Lipinski definition) is 4. The van der Waals surface area contributed by atoms with Crippen molar-refractivity contribution in [2.45, 2.75) is 13.8 Å². The number of ether oxygens (including phenoxy) is 1. The van der Waals surface area contributed by atoms with E-state index in [1.54, 1.807) is 0 Å². The van der Waals surface area contributed by atoms with Crippen LogP contribution in [0.2, 0.25) is 0 Å². The molecule has 0 saturated carbocycles. The summed E-state index contributed by atoms with van der Waals surface area (Å²) in [6.45, 7) is 7.17. The van der Waals surface area contributed by atoms with E-state index in [9.17, 15) is 4.79 Å². The molecule has 0 aliphatic carbocycles. The quantitative estimate of drug-likeness (QED) is 0.598. The number of benzene rings is 1. The number of rotatable bonds is 4. The number of morpholine rings is 1. The third kappa shape index (κ3) is 3.92. The first kappa shape index (κ1) is 19.2. The van der Waals surface area contributed by atoms with E-state index in [2.05, 4.69) is 43.6 Å². The lowest BCUT2D eigenvalue weighted by molar-refractivity contribution is -0.114. The third-order valence-electron chi connectivity index (χ3n) is 4.70. The number of carbonyl (C=O) groups is 1. The molecule has 0 unspecified atom stereocenters. The van der Waals surface area contributed by atoms with Crippen LogP contribution in [-0.4, -0.2) is 36.8 Å². The molecule has 0 atom stereocenters. The number of aryl methyl sites for hydroxylation is 1. The molecule has 3 rings (SSSR count). The molecule has 27 heavy (non-hydrogen) atoms. The van der Waals surface area contributed by atoms with Crippen LogP contribution in [0.25, 0.3) is 11.8 Å². The Kier molecular flexibility index (Phi) is 5.68. The molecule has 0 bridgehead atoms. The predicted molar refractivity (Wildman–Crippen MR) is 109 cm³/mol. The highest BCUT2D eigenvalue weighted by molar-refractivity contribution is 9.10. The maximum Gasteiger partial charge on any atom is 0.259 e. The lowest BCUT2D eigenvalue weighted by atomic mass is 10.1. The van der Waals surface area contributed by atoms with Gasteiger partial charge in [0, 0.05) is 34.6 Å². The Bertz CT molecular complexity index is 950. The molecule has 0 radical (unpaired) electrons. The molecule has 7 heteroatoms. The number of amides is 1. The third-order valence-corrected chi connectivity index (χ3v) is 5.33. The van der Waals surface area contributed by atoms with Gasteiger partial charge in [0.15, 0.2) is 0 Å². The summed E-state index contributed by atoms with van der Waals surface area (Å²) in [5, 5.41) is 9.09. The van der Waals surface area contributed by atoms with Crippen molar-refractivity contribution in [3.8, 4) is 11.8 Å². The maximum atomic E-state index is 11.3. The molecule has 140 valence electrons. The number of primary amides is 1. The molecule has 1 aromatic carbocycles. The molecule has 1 aliphatic heterocycles. The van der Waals surface area contributed by atoms with Gasteiger partial charge in [-0.3, -0.25) is 4.79 Å². The Hall–Kier alpha value is -2.56. The zero-order chi connectivity index (χ0) is 19.6. The van der Waals surface area contributed by atoms with Crippen molar-refractivity contribution in [1.82, 2.24) is 4.57 Å². The van der Waals surface area contributed by atoms with E-state index in [1.165, 1.54) is 6.08 Å². The average Bonchev–Trinajstić information content (AvgIpc) is 2.93. The van der Waals surface area contributed by atoms with Crippen LogP contribution < -0.4 is 10.6 Å². The fraction of sp³-hybridized carbons (Fsp3) is 0.300. The van der Waals surface area contributed by atoms with Gasteiger partial charge >= 0.3 is 0 Å². The van der Waals surface area contributed by atoms with Crippen molar-refractivity contribution < 1.29 is 9.53 Å². The minimum Gasteiger partial charge on any atom is -0.378 e. The molecule has 2 N–H and O–H groups in total. The highest BCUT2D eigenvalue weighted by Crippen LogP contribution is 2.31. The molecule has 2 aromatic rings. The molecular weight excluding hydrogens is 408 g/mol. The van der Waals surface area contributed by atoms with Gasteiger partial charge in [-0.2, -0.15) is 5.26 Å². The summed E-state index contributed by atoms with van der Waals surface area (Å²) in [6.07, 6.45) is 1.54. The van der Waals surface area contributed by atoms with Crippen molar-refractivity contribution in [1.29, 1.82) is 5.26 Å². The standard InChI is InChI=1S/C20H21BrN4O2/c1-13-9-15(10-16(12-22)20(23)26)14(2)25(13)17-3-4-19(18(21)11-17)24-5-7-27-8-6-24/h3-4,9-11H,5-8H2,1-2H3,(H2,23,26)/b16-10+. The van der Waals surface area contributed by atoms with Gasteiger partial charge in [-0.1, -0.05) is 0 Å². The normalized spacial score (nSPS) is 14.9. The van der Waals surface area contributed by atoms with Crippen LogP contribution >= 0.6 is 15.9 Å². The van der Waals surface area contributed by atoms with Gasteiger partial charge in [0.05, 0.1) is 18.9 Å². The van der Waals surface area contributed by atoms with Gasteiger partial charge in [0.25, 0.3) is 5.91 Å². The molecule has 1 aromatic heterocycles. The summed E-state index contributed by atoms with van der Waals surface area (Å²) in [4.78, 5) is 13.6. The summed E-state index contributed by atoms with van der Waals surface area (Å²) in [5.41, 5.74) is 10.1. The zero-order valence-corrected chi connectivity index (χ0v) is 16.9. The van der Waals surface area contributed by atoms with Gasteiger partial charge in [-0.25, -0.2) is 0 Å². The average molecular weight is 429 g/mol. The van der Waals surface area contributed by atoms with Gasteiger partial charge in [0.1, 0.15) is 11.6 Å². The molecule has 6 nitrogen and oxygen atoms in total. The maximum absolute atomic E-state index is 11.3. The number of anilines is 1. The topological polar surface area (TPSA) is 84.3 Å². The van der Waals surface area contributed by atoms with Crippen molar-refractivity contribution in [3.63, 3.8) is 0 Å². The molecule has 1 aliphatic rings. The number of halogens is 1. The molecule has 1 amide bonds. The number of nitrogens with two attached hydrogens (primary N) is 1. The van der Waals surface area contributed by atoms with Crippen LogP contribution in [0.4, 0.5) is 5.69 Å². The van der Waals surface area contributed by atoms with Crippen LogP contribution in [-0.2, 0) is 9.53 Å². The minimum absolute atomic E-state index is 0.0564. The molecule has 1 saturated heterocycles. The lowest BCUT2D eigenvalue weighted by Gasteiger charge is -2.30. The zero-order valence-electron chi connectivity index (χ0n) is 15.3. The Morgan fingerprint density at radius 1 is 1.30 bits per heavy atom. The van der Waals surface area contributed by atoms with Gasteiger partial charge < -0.3 is 19.9 Å². The molecule has 0 spiro atoms. The van der Waals surface area contributed by atoms with E-state index < -0.39 is 5.91 Å². The summed E-state index contributed by atoms with van der Waals surface area (Å²) in [6, 6.07) is 10.0. The SMILES string of the molecule is Cc1cc(/C=C(\C#N)C(N)=O)c(C)n1-c1ccc(N2CCOCC2)c(Br)c1. The number of hydrogen-bond donors (Lipinski definition) is 1. The first-order valence-corrected chi connectivity index (χ1v) is 9.45. The fourth-order valence-electron chi connectivity index (χ4n) is 3.34. The smallest absolute Gasteiger partial charge is 0.259 e. The van der Waals surface area contributed by atoms with E-state index >= 15 is 0 Å². The molecule has 2 heterocycles. The molecule has 1 fully saturated rings. The van der Waals surface area contributed by atoms with Crippen molar-refractivity contribution in [3.05, 3.63) is 51.3 Å². The van der Waals surface area contributed by atoms with Gasteiger partial charge in [-0.05, 0) is 65.7 Å². The van der Waals surface area contributed by atoms with E-state index in [-0.39, 0.29) is 5.57 Å². The van der Waals surface area contributed by atoms with Crippen molar-refractivity contribution in [2.24, 2.45) is 5.73 Å². The highest BCUT2D eigenvalue weighted by Gasteiger charge is 2.16. The van der Waals surface area contributed by atoms with Gasteiger partial charge in [0.2, 0.25) is 0 Å². The summed E-state index contributed by atoms with van der Waals surface area (Å²) in [5.74, 6) is -0.722. The van der Waals surface area contributed by atoms with Crippen LogP contribution in [0, 0.1) is 25.2 Å². The second-order valence-corrected chi connectivity index (χ2v) is 7.29. The largest absolute Gasteiger partial charge is 0.378 e. The summed E-state index contributed by atoms with van der Waals surface area (Å²) < 4.78 is 8.53. The van der Waals surface area contributed by atoms with E-state index in [0.29, 0.717) is 0 Å². The first-order valence-electron chi connectivity index (χ1n) is 8.65. The second-order valence-electron chi connectivity index (χ2n) is 6.43. The number of nitrogens with zero attached hydrogens (tertiary/aromatic N) is 3. The summed E-state index contributed by atoms with van der Waals surface area (Å²) in [7, 11) is 0. The van der Waals surface area contributed by atoms with Gasteiger partial charge in [-0.15, -0.1) is 0 Å². The Labute approximate surface area is 166 Å². The highest BCUT2D eigenvalue weighted by atomic mass is 79.9. The predicted octanol–water partition coefficient (Wildman–Crippen LogP) is 3.09. The molecular formula is C20H21BrN4O2. The van der Waals surface area contributed by atoms with E-state index in [1.807, 2.05) is 26.0 Å². The van der Waals surface area contributed by atoms with E-state index in [0.717, 1.165) is 59.1 Å². The van der Waals surface area contributed by atoms with Crippen LogP contribution in [0.1, 0.15) is 17.0 Å². The second kappa shape index (κ2) is 7.99. The number of aromatic nitrogens is 1. The number of carbonyl (C=O) groups excluding carboxylic acids is 1. The van der Waals surface area contributed by atoms with Crippen LogP contribution in [0.15, 0.2) is 34.3 Å². The van der Waals surface area contributed by atoms with Crippen molar-refractivity contribution in [2.75, 3.05) is 31.2 Å². The Morgan fingerprint density at radius 2 is 2.00 bits per heavy atom. The summed E-state index contributed by atoms with van der Waals surface area (Å²) >= 11 is 3.69. The minimum atomic E-state index is -0.722. The van der Waals surface area contributed by atoms with E-state index in [4.69, 9.17) is 15.7 Å². The van der Waals surface area contributed by atoms with Crippen molar-refractivity contribution >= 4 is 33.6 Å². The van der Waals surface area contributed by atoms with Crippen LogP contribution in [0.3, 0.4) is 0 Å². The Morgan fingerprint density at radius 3 is 2.59 bits per heavy atom.